The van der Waals surface area contributed by atoms with Gasteiger partial charge in [-0.05, 0) is 41.7 Å². The quantitative estimate of drug-likeness (QED) is 0.844. The number of nitrogens with zero attached hydrogens (tertiary/aromatic N) is 1. The van der Waals surface area contributed by atoms with Crippen molar-refractivity contribution >= 4 is 11.5 Å². The van der Waals surface area contributed by atoms with Crippen molar-refractivity contribution in [3.8, 4) is 0 Å². The Morgan fingerprint density at radius 1 is 1.19 bits per heavy atom. The lowest BCUT2D eigenvalue weighted by atomic mass is 9.99. The number of fused-ring (bicyclic) bond motifs is 2. The van der Waals surface area contributed by atoms with E-state index >= 15 is 0 Å². The van der Waals surface area contributed by atoms with E-state index in [0.29, 0.717) is 13.0 Å². The first-order chi connectivity index (χ1) is 10.3. The molecule has 4 rings (SSSR count). The molecular formula is C17H18N2O2. The number of aromatic nitrogens is 1. The molecule has 4 nitrogen and oxygen atoms in total. The van der Waals surface area contributed by atoms with Gasteiger partial charge in [0.05, 0.1) is 18.8 Å². The van der Waals surface area contributed by atoms with Crippen molar-refractivity contribution in [1.82, 2.24) is 4.98 Å². The Morgan fingerprint density at radius 3 is 2.95 bits per heavy atom. The highest BCUT2D eigenvalue weighted by atomic mass is 16.5. The summed E-state index contributed by atoms with van der Waals surface area (Å²) in [5.41, 5.74) is 4.82. The molecule has 0 spiro atoms. The largest absolute Gasteiger partial charge is 0.391 e. The van der Waals surface area contributed by atoms with Gasteiger partial charge in [-0.3, -0.25) is 0 Å². The molecule has 4 heteroatoms. The van der Waals surface area contributed by atoms with E-state index in [1.54, 1.807) is 0 Å². The number of pyridine rings is 1. The van der Waals surface area contributed by atoms with Gasteiger partial charge in [0.2, 0.25) is 0 Å². The maximum atomic E-state index is 9.62. The molecule has 108 valence electrons. The summed E-state index contributed by atoms with van der Waals surface area (Å²) in [5, 5.41) is 13.0. The standard InChI is InChI=1S/C17H18N2O2/c20-14-9-16(21-10-14)13-5-6-15-12(8-13)4-3-11-2-1-7-18-17(11)19-15/h1-2,5-8,14,16,20H,3-4,9-10H2,(H,18,19). The van der Waals surface area contributed by atoms with Gasteiger partial charge in [-0.1, -0.05) is 18.2 Å². The van der Waals surface area contributed by atoms with E-state index < -0.39 is 0 Å². The average molecular weight is 282 g/mol. The lowest BCUT2D eigenvalue weighted by Crippen LogP contribution is -2.03. The Balaban J connectivity index is 1.65. The molecule has 0 bridgehead atoms. The molecule has 0 radical (unpaired) electrons. The van der Waals surface area contributed by atoms with Crippen molar-refractivity contribution in [1.29, 1.82) is 0 Å². The maximum absolute atomic E-state index is 9.62. The summed E-state index contributed by atoms with van der Waals surface area (Å²) in [6.07, 6.45) is 4.17. The van der Waals surface area contributed by atoms with Crippen molar-refractivity contribution in [2.24, 2.45) is 0 Å². The molecule has 3 heterocycles. The van der Waals surface area contributed by atoms with Gasteiger partial charge in [-0.2, -0.15) is 0 Å². The zero-order valence-corrected chi connectivity index (χ0v) is 11.7. The highest BCUT2D eigenvalue weighted by Crippen LogP contribution is 2.34. The summed E-state index contributed by atoms with van der Waals surface area (Å²) in [7, 11) is 0. The van der Waals surface area contributed by atoms with E-state index in [1.165, 1.54) is 11.1 Å². The Kier molecular flexibility index (Phi) is 3.13. The molecule has 1 aromatic heterocycles. The van der Waals surface area contributed by atoms with Gasteiger partial charge in [0, 0.05) is 18.3 Å². The molecular weight excluding hydrogens is 264 g/mol. The molecule has 2 unspecified atom stereocenters. The highest BCUT2D eigenvalue weighted by molar-refractivity contribution is 5.65. The van der Waals surface area contributed by atoms with Gasteiger partial charge in [-0.25, -0.2) is 4.98 Å². The molecule has 2 aliphatic rings. The number of anilines is 2. The Labute approximate surface area is 123 Å². The molecule has 0 aliphatic carbocycles. The minimum absolute atomic E-state index is 0.0223. The fourth-order valence-electron chi connectivity index (χ4n) is 3.14. The number of nitrogens with one attached hydrogen (secondary N) is 1. The molecule has 1 fully saturated rings. The fraction of sp³-hybridized carbons (Fsp3) is 0.353. The van der Waals surface area contributed by atoms with Gasteiger partial charge < -0.3 is 15.2 Å². The van der Waals surface area contributed by atoms with Gasteiger partial charge in [0.25, 0.3) is 0 Å². The Hall–Kier alpha value is -1.91. The van der Waals surface area contributed by atoms with Crippen LogP contribution in [-0.2, 0) is 17.6 Å². The monoisotopic (exact) mass is 282 g/mol. The van der Waals surface area contributed by atoms with Crippen LogP contribution in [0.25, 0.3) is 0 Å². The topological polar surface area (TPSA) is 54.4 Å². The average Bonchev–Trinajstić information content (AvgIpc) is 2.85. The summed E-state index contributed by atoms with van der Waals surface area (Å²) in [6.45, 7) is 0.440. The summed E-state index contributed by atoms with van der Waals surface area (Å²) >= 11 is 0. The van der Waals surface area contributed by atoms with Crippen LogP contribution in [0.2, 0.25) is 0 Å². The van der Waals surface area contributed by atoms with E-state index in [2.05, 4.69) is 34.6 Å². The van der Waals surface area contributed by atoms with Crippen LogP contribution >= 0.6 is 0 Å². The molecule has 0 amide bonds. The number of aliphatic hydroxyl groups is 1. The summed E-state index contributed by atoms with van der Waals surface area (Å²) in [5.74, 6) is 0.955. The third-order valence-electron chi connectivity index (χ3n) is 4.29. The van der Waals surface area contributed by atoms with Gasteiger partial charge >= 0.3 is 0 Å². The van der Waals surface area contributed by atoms with Crippen LogP contribution in [0.15, 0.2) is 36.5 Å². The van der Waals surface area contributed by atoms with Gasteiger partial charge in [0.15, 0.2) is 0 Å². The van der Waals surface area contributed by atoms with E-state index in [1.807, 2.05) is 12.3 Å². The molecule has 0 saturated carbocycles. The fourth-order valence-corrected chi connectivity index (χ4v) is 3.14. The van der Waals surface area contributed by atoms with Crippen LogP contribution in [0.3, 0.4) is 0 Å². The minimum Gasteiger partial charge on any atom is -0.391 e. The first kappa shape index (κ1) is 12.8. The van der Waals surface area contributed by atoms with Crippen LogP contribution in [-0.4, -0.2) is 22.8 Å². The zero-order valence-electron chi connectivity index (χ0n) is 11.7. The van der Waals surface area contributed by atoms with E-state index in [9.17, 15) is 5.11 Å². The molecule has 2 aromatic rings. The summed E-state index contributed by atoms with van der Waals surface area (Å²) in [6, 6.07) is 10.5. The van der Waals surface area contributed by atoms with Gasteiger partial charge in [-0.15, -0.1) is 0 Å². The molecule has 1 aromatic carbocycles. The van der Waals surface area contributed by atoms with Crippen molar-refractivity contribution in [3.63, 3.8) is 0 Å². The number of rotatable bonds is 1. The maximum Gasteiger partial charge on any atom is 0.133 e. The van der Waals surface area contributed by atoms with Crippen molar-refractivity contribution in [2.45, 2.75) is 31.5 Å². The minimum atomic E-state index is -0.333. The number of hydrogen-bond acceptors (Lipinski definition) is 4. The first-order valence-corrected chi connectivity index (χ1v) is 7.43. The smallest absolute Gasteiger partial charge is 0.133 e. The number of aryl methyl sites for hydroxylation is 2. The number of ether oxygens (including phenoxy) is 1. The SMILES string of the molecule is OC1COC(c2ccc3c(c2)CCc2cccnc2N3)C1. The van der Waals surface area contributed by atoms with E-state index in [0.717, 1.165) is 29.9 Å². The molecule has 21 heavy (non-hydrogen) atoms. The lowest BCUT2D eigenvalue weighted by Gasteiger charge is -2.14. The van der Waals surface area contributed by atoms with Crippen molar-refractivity contribution in [2.75, 3.05) is 11.9 Å². The summed E-state index contributed by atoms with van der Waals surface area (Å²) in [4.78, 5) is 4.42. The lowest BCUT2D eigenvalue weighted by molar-refractivity contribution is 0.0888. The van der Waals surface area contributed by atoms with Crippen molar-refractivity contribution in [3.05, 3.63) is 53.2 Å². The normalized spacial score (nSPS) is 23.9. The predicted molar refractivity (Wildman–Crippen MR) is 80.7 cm³/mol. The number of hydrogen-bond donors (Lipinski definition) is 2. The number of benzene rings is 1. The van der Waals surface area contributed by atoms with Crippen LogP contribution in [0, 0.1) is 0 Å². The van der Waals surface area contributed by atoms with Crippen LogP contribution in [0.4, 0.5) is 11.5 Å². The first-order valence-electron chi connectivity index (χ1n) is 7.43. The molecule has 1 saturated heterocycles. The third-order valence-corrected chi connectivity index (χ3v) is 4.29. The van der Waals surface area contributed by atoms with E-state index in [4.69, 9.17) is 4.74 Å². The van der Waals surface area contributed by atoms with E-state index in [-0.39, 0.29) is 12.2 Å². The van der Waals surface area contributed by atoms with Crippen LogP contribution in [0.1, 0.15) is 29.2 Å². The predicted octanol–water partition coefficient (Wildman–Crippen LogP) is 2.75. The zero-order chi connectivity index (χ0) is 14.2. The van der Waals surface area contributed by atoms with Crippen LogP contribution < -0.4 is 5.32 Å². The second-order valence-electron chi connectivity index (χ2n) is 5.76. The van der Waals surface area contributed by atoms with Crippen LogP contribution in [0.5, 0.6) is 0 Å². The second-order valence-corrected chi connectivity index (χ2v) is 5.76. The van der Waals surface area contributed by atoms with Crippen molar-refractivity contribution < 1.29 is 9.84 Å². The second kappa shape index (κ2) is 5.13. The Bertz CT molecular complexity index is 672. The number of aliphatic hydroxyl groups excluding tert-OH is 1. The molecule has 2 N–H and O–H groups in total. The third kappa shape index (κ3) is 2.41. The Morgan fingerprint density at radius 2 is 2.10 bits per heavy atom. The summed E-state index contributed by atoms with van der Waals surface area (Å²) < 4.78 is 5.65. The molecule has 2 aliphatic heterocycles. The molecule has 2 atom stereocenters. The highest BCUT2D eigenvalue weighted by Gasteiger charge is 2.25. The van der Waals surface area contributed by atoms with Gasteiger partial charge in [0.1, 0.15) is 5.82 Å².